The molecule has 0 bridgehead atoms. The van der Waals surface area contributed by atoms with Gasteiger partial charge in [0.15, 0.2) is 0 Å². The van der Waals surface area contributed by atoms with Crippen molar-refractivity contribution in [1.82, 2.24) is 0 Å². The molecule has 0 N–H and O–H groups in total. The summed E-state index contributed by atoms with van der Waals surface area (Å²) in [6, 6.07) is 9.16. The zero-order valence-corrected chi connectivity index (χ0v) is 12.2. The maximum absolute atomic E-state index is 11.8. The zero-order valence-electron chi connectivity index (χ0n) is 11.2. The van der Waals surface area contributed by atoms with Crippen LogP contribution in [-0.4, -0.2) is 6.10 Å². The average molecular weight is 270 g/mol. The fourth-order valence-electron chi connectivity index (χ4n) is 1.71. The van der Waals surface area contributed by atoms with Gasteiger partial charge in [0.1, 0.15) is 5.75 Å². The minimum Gasteiger partial charge on any atom is -0.426 e. The van der Waals surface area contributed by atoms with E-state index in [-0.39, 0.29) is 6.10 Å². The van der Waals surface area contributed by atoms with Crippen LogP contribution in [0.3, 0.4) is 0 Å². The third-order valence-electron chi connectivity index (χ3n) is 2.79. The molecule has 0 fully saturated rings. The maximum Gasteiger partial charge on any atom is 0.368 e. The molecule has 0 saturated heterocycles. The molecular formula is C14H23O3P. The molecule has 0 spiro atoms. The highest BCUT2D eigenvalue weighted by Gasteiger charge is 2.11. The Morgan fingerprint density at radius 1 is 1.17 bits per heavy atom. The highest BCUT2D eigenvalue weighted by Crippen LogP contribution is 2.31. The van der Waals surface area contributed by atoms with Crippen LogP contribution in [0.1, 0.15) is 46.0 Å². The molecule has 2 unspecified atom stereocenters. The summed E-state index contributed by atoms with van der Waals surface area (Å²) >= 11 is 0. The molecule has 0 aliphatic rings. The van der Waals surface area contributed by atoms with Crippen molar-refractivity contribution in [2.75, 3.05) is 0 Å². The summed E-state index contributed by atoms with van der Waals surface area (Å²) in [5.74, 6) is 0.602. The predicted octanol–water partition coefficient (Wildman–Crippen LogP) is 4.83. The minimum absolute atomic E-state index is 0.0478. The van der Waals surface area contributed by atoms with Crippen LogP contribution in [0.25, 0.3) is 0 Å². The summed E-state index contributed by atoms with van der Waals surface area (Å²) < 4.78 is 22.5. The second kappa shape index (κ2) is 9.18. The van der Waals surface area contributed by atoms with Gasteiger partial charge >= 0.3 is 8.25 Å². The summed E-state index contributed by atoms with van der Waals surface area (Å²) in [6.07, 6.45) is 5.38. The van der Waals surface area contributed by atoms with Crippen molar-refractivity contribution in [2.24, 2.45) is 0 Å². The van der Waals surface area contributed by atoms with Crippen molar-refractivity contribution in [3.63, 3.8) is 0 Å². The van der Waals surface area contributed by atoms with Crippen LogP contribution in [0.2, 0.25) is 0 Å². The number of unbranched alkanes of at least 4 members (excludes halogenated alkanes) is 2. The Kier molecular flexibility index (Phi) is 7.79. The lowest BCUT2D eigenvalue weighted by Crippen LogP contribution is -2.08. The van der Waals surface area contributed by atoms with E-state index in [2.05, 4.69) is 6.92 Å². The van der Waals surface area contributed by atoms with E-state index in [0.717, 1.165) is 19.3 Å². The second-order valence-corrected chi connectivity index (χ2v) is 5.25. The highest BCUT2D eigenvalue weighted by atomic mass is 31.1. The van der Waals surface area contributed by atoms with Gasteiger partial charge in [-0.2, -0.15) is 0 Å². The van der Waals surface area contributed by atoms with Crippen LogP contribution in [0, 0.1) is 0 Å². The lowest BCUT2D eigenvalue weighted by Gasteiger charge is -2.15. The van der Waals surface area contributed by atoms with Gasteiger partial charge in [0, 0.05) is 0 Å². The zero-order chi connectivity index (χ0) is 13.2. The van der Waals surface area contributed by atoms with Gasteiger partial charge in [0.05, 0.1) is 6.10 Å². The summed E-state index contributed by atoms with van der Waals surface area (Å²) in [4.78, 5) is 0. The fourth-order valence-corrected chi connectivity index (χ4v) is 2.65. The molecule has 1 aromatic rings. The van der Waals surface area contributed by atoms with E-state index in [1.54, 1.807) is 12.1 Å². The quantitative estimate of drug-likeness (QED) is 0.476. The van der Waals surface area contributed by atoms with Crippen molar-refractivity contribution in [3.05, 3.63) is 30.3 Å². The first-order valence-electron chi connectivity index (χ1n) is 6.69. The Morgan fingerprint density at radius 3 is 2.50 bits per heavy atom. The minimum atomic E-state index is -2.44. The third-order valence-corrected chi connectivity index (χ3v) is 3.72. The SMILES string of the molecule is CCCCCC(CC)O[PH](=O)Oc1ccccc1. The molecule has 3 nitrogen and oxygen atoms in total. The third kappa shape index (κ3) is 6.23. The normalized spacial score (nSPS) is 14.1. The van der Waals surface area contributed by atoms with Gasteiger partial charge in [0.25, 0.3) is 0 Å². The fraction of sp³-hybridized carbons (Fsp3) is 0.571. The molecule has 0 radical (unpaired) electrons. The van der Waals surface area contributed by atoms with Crippen LogP contribution in [-0.2, 0) is 9.09 Å². The molecule has 0 saturated carbocycles. The Labute approximate surface area is 110 Å². The lowest BCUT2D eigenvalue weighted by molar-refractivity contribution is 0.174. The lowest BCUT2D eigenvalue weighted by atomic mass is 10.1. The Hall–Kier alpha value is -0.790. The maximum atomic E-state index is 11.8. The van der Waals surface area contributed by atoms with Crippen LogP contribution >= 0.6 is 8.25 Å². The van der Waals surface area contributed by atoms with Gasteiger partial charge in [-0.25, -0.2) is 4.57 Å². The average Bonchev–Trinajstić information content (AvgIpc) is 2.39. The predicted molar refractivity (Wildman–Crippen MR) is 75.4 cm³/mol. The standard InChI is InChI=1S/C14H23O3P/c1-3-5-7-10-13(4-2)16-18(15)17-14-11-8-6-9-12-14/h6,8-9,11-13,18H,3-5,7,10H2,1-2H3. The van der Waals surface area contributed by atoms with Crippen LogP contribution < -0.4 is 4.52 Å². The second-order valence-electron chi connectivity index (χ2n) is 4.31. The molecule has 1 rings (SSSR count). The molecule has 0 aromatic heterocycles. The number of hydrogen-bond acceptors (Lipinski definition) is 3. The molecule has 0 aliphatic heterocycles. The molecule has 18 heavy (non-hydrogen) atoms. The molecule has 0 aliphatic carbocycles. The van der Waals surface area contributed by atoms with Crippen LogP contribution in [0.15, 0.2) is 30.3 Å². The number of hydrogen-bond donors (Lipinski definition) is 0. The van der Waals surface area contributed by atoms with Crippen molar-refractivity contribution in [3.8, 4) is 5.75 Å². The van der Waals surface area contributed by atoms with Crippen molar-refractivity contribution in [2.45, 2.75) is 52.1 Å². The van der Waals surface area contributed by atoms with E-state index >= 15 is 0 Å². The summed E-state index contributed by atoms with van der Waals surface area (Å²) in [6.45, 7) is 4.22. The summed E-state index contributed by atoms with van der Waals surface area (Å²) in [7, 11) is -2.44. The molecule has 1 aromatic carbocycles. The van der Waals surface area contributed by atoms with Crippen molar-refractivity contribution >= 4 is 8.25 Å². The number of para-hydroxylation sites is 1. The first kappa shape index (κ1) is 15.3. The highest BCUT2D eigenvalue weighted by molar-refractivity contribution is 7.33. The van der Waals surface area contributed by atoms with Gasteiger partial charge in [-0.1, -0.05) is 51.3 Å². The van der Waals surface area contributed by atoms with E-state index in [1.165, 1.54) is 12.8 Å². The number of benzene rings is 1. The smallest absolute Gasteiger partial charge is 0.368 e. The first-order valence-corrected chi connectivity index (χ1v) is 7.92. The summed E-state index contributed by atoms with van der Waals surface area (Å²) in [5.41, 5.74) is 0. The van der Waals surface area contributed by atoms with Gasteiger partial charge in [-0.15, -0.1) is 0 Å². The van der Waals surface area contributed by atoms with Gasteiger partial charge in [0.2, 0.25) is 0 Å². The van der Waals surface area contributed by atoms with E-state index in [0.29, 0.717) is 5.75 Å². The van der Waals surface area contributed by atoms with Crippen molar-refractivity contribution < 1.29 is 13.6 Å². The molecule has 0 heterocycles. The van der Waals surface area contributed by atoms with Crippen LogP contribution in [0.4, 0.5) is 0 Å². The Morgan fingerprint density at radius 2 is 1.89 bits per heavy atom. The first-order chi connectivity index (χ1) is 8.76. The molecule has 102 valence electrons. The van der Waals surface area contributed by atoms with E-state index < -0.39 is 8.25 Å². The Bertz CT molecular complexity index is 340. The topological polar surface area (TPSA) is 35.5 Å². The summed E-state index contributed by atoms with van der Waals surface area (Å²) in [5, 5.41) is 0. The van der Waals surface area contributed by atoms with Gasteiger partial charge in [-0.05, 0) is 25.0 Å². The largest absolute Gasteiger partial charge is 0.426 e. The van der Waals surface area contributed by atoms with Gasteiger partial charge < -0.3 is 4.52 Å². The van der Waals surface area contributed by atoms with Crippen LogP contribution in [0.5, 0.6) is 5.75 Å². The molecule has 2 atom stereocenters. The number of rotatable bonds is 9. The van der Waals surface area contributed by atoms with E-state index in [4.69, 9.17) is 9.05 Å². The molecular weight excluding hydrogens is 247 g/mol. The van der Waals surface area contributed by atoms with E-state index in [9.17, 15) is 4.57 Å². The van der Waals surface area contributed by atoms with Crippen molar-refractivity contribution in [1.29, 1.82) is 0 Å². The molecule has 4 heteroatoms. The monoisotopic (exact) mass is 270 g/mol. The Balaban J connectivity index is 2.33. The van der Waals surface area contributed by atoms with E-state index in [1.807, 2.05) is 25.1 Å². The molecule has 0 amide bonds. The van der Waals surface area contributed by atoms with Gasteiger partial charge in [-0.3, -0.25) is 4.52 Å².